The Balaban J connectivity index is 1.50. The van der Waals surface area contributed by atoms with E-state index in [2.05, 4.69) is 34.5 Å². The first-order valence-electron chi connectivity index (χ1n) is 8.91. The van der Waals surface area contributed by atoms with E-state index in [1.807, 2.05) is 0 Å². The van der Waals surface area contributed by atoms with Crippen molar-refractivity contribution >= 4 is 0 Å². The summed E-state index contributed by atoms with van der Waals surface area (Å²) in [5.41, 5.74) is 3.65. The largest absolute Gasteiger partial charge is 0.310 e. The first-order chi connectivity index (χ1) is 10.3. The molecule has 2 fully saturated rings. The van der Waals surface area contributed by atoms with Crippen molar-refractivity contribution < 1.29 is 0 Å². The molecule has 1 atom stereocenters. The molecule has 1 aromatic carbocycles. The zero-order chi connectivity index (χ0) is 14.1. The highest BCUT2D eigenvalue weighted by atomic mass is 15.2. The summed E-state index contributed by atoms with van der Waals surface area (Å²) in [5.74, 6) is 0. The fourth-order valence-corrected chi connectivity index (χ4v) is 4.85. The number of hydrogen-bond acceptors (Lipinski definition) is 2. The predicted molar refractivity (Wildman–Crippen MR) is 87.6 cm³/mol. The third-order valence-electron chi connectivity index (χ3n) is 6.03. The van der Waals surface area contributed by atoms with Gasteiger partial charge in [-0.1, -0.05) is 37.1 Å². The summed E-state index contributed by atoms with van der Waals surface area (Å²) >= 11 is 0. The lowest BCUT2D eigenvalue weighted by molar-refractivity contribution is 0.144. The molecule has 0 bridgehead atoms. The Morgan fingerprint density at radius 2 is 1.86 bits per heavy atom. The molecule has 1 spiro atoms. The normalized spacial score (nSPS) is 29.2. The zero-order valence-electron chi connectivity index (χ0n) is 13.1. The first kappa shape index (κ1) is 13.8. The molecule has 1 aromatic rings. The SMILES string of the molecule is c1ccc2c(c1)CCC(N1CCCNC3(CCCC3)C1)C2. The fourth-order valence-electron chi connectivity index (χ4n) is 4.85. The van der Waals surface area contributed by atoms with E-state index in [1.54, 1.807) is 11.1 Å². The Morgan fingerprint density at radius 3 is 2.71 bits per heavy atom. The van der Waals surface area contributed by atoms with Gasteiger partial charge in [-0.25, -0.2) is 0 Å². The van der Waals surface area contributed by atoms with Gasteiger partial charge >= 0.3 is 0 Å². The van der Waals surface area contributed by atoms with Crippen LogP contribution in [0.3, 0.4) is 0 Å². The van der Waals surface area contributed by atoms with Crippen LogP contribution in [0.1, 0.15) is 49.7 Å². The summed E-state index contributed by atoms with van der Waals surface area (Å²) in [4.78, 5) is 2.83. The third-order valence-corrected chi connectivity index (χ3v) is 6.03. The summed E-state index contributed by atoms with van der Waals surface area (Å²) in [5, 5.41) is 3.90. The first-order valence-corrected chi connectivity index (χ1v) is 8.91. The summed E-state index contributed by atoms with van der Waals surface area (Å²) in [6, 6.07) is 9.86. The quantitative estimate of drug-likeness (QED) is 0.852. The van der Waals surface area contributed by atoms with Gasteiger partial charge in [0.1, 0.15) is 0 Å². The average Bonchev–Trinajstić information content (AvgIpc) is 2.87. The van der Waals surface area contributed by atoms with E-state index < -0.39 is 0 Å². The highest BCUT2D eigenvalue weighted by molar-refractivity contribution is 5.30. The molecule has 3 aliphatic rings. The van der Waals surface area contributed by atoms with Crippen LogP contribution in [0, 0.1) is 0 Å². The van der Waals surface area contributed by atoms with E-state index >= 15 is 0 Å². The molecule has 2 aliphatic carbocycles. The summed E-state index contributed by atoms with van der Waals surface area (Å²) < 4.78 is 0. The van der Waals surface area contributed by atoms with Crippen LogP contribution in [0.4, 0.5) is 0 Å². The number of benzene rings is 1. The molecule has 1 heterocycles. The van der Waals surface area contributed by atoms with Crippen LogP contribution in [-0.2, 0) is 12.8 Å². The fraction of sp³-hybridized carbons (Fsp3) is 0.684. The lowest BCUT2D eigenvalue weighted by Crippen LogP contribution is -2.52. The van der Waals surface area contributed by atoms with Gasteiger partial charge in [0.25, 0.3) is 0 Å². The second kappa shape index (κ2) is 5.73. The van der Waals surface area contributed by atoms with E-state index in [-0.39, 0.29) is 0 Å². The standard InChI is InChI=1S/C19H28N2/c1-2-7-17-14-18(9-8-16(17)6-1)21-13-5-12-20-19(15-21)10-3-4-11-19/h1-2,6-7,18,20H,3-5,8-15H2. The predicted octanol–water partition coefficient (Wildman–Crippen LogP) is 3.15. The van der Waals surface area contributed by atoms with E-state index in [4.69, 9.17) is 0 Å². The van der Waals surface area contributed by atoms with Gasteiger partial charge in [-0.05, 0) is 62.7 Å². The maximum Gasteiger partial charge on any atom is 0.0308 e. The Hall–Kier alpha value is -0.860. The van der Waals surface area contributed by atoms with Crippen LogP contribution >= 0.6 is 0 Å². The van der Waals surface area contributed by atoms with Crippen LogP contribution in [0.25, 0.3) is 0 Å². The highest BCUT2D eigenvalue weighted by Gasteiger charge is 2.38. The number of rotatable bonds is 1. The molecule has 4 rings (SSSR count). The summed E-state index contributed by atoms with van der Waals surface area (Å²) in [7, 11) is 0. The number of nitrogens with zero attached hydrogens (tertiary/aromatic N) is 1. The lowest BCUT2D eigenvalue weighted by Gasteiger charge is -2.39. The molecule has 1 N–H and O–H groups in total. The van der Waals surface area contributed by atoms with E-state index in [0.717, 1.165) is 6.04 Å². The van der Waals surface area contributed by atoms with Crippen LogP contribution in [0.15, 0.2) is 24.3 Å². The van der Waals surface area contributed by atoms with Gasteiger partial charge in [0.05, 0.1) is 0 Å². The summed E-state index contributed by atoms with van der Waals surface area (Å²) in [6.07, 6.45) is 10.9. The van der Waals surface area contributed by atoms with E-state index in [0.29, 0.717) is 5.54 Å². The van der Waals surface area contributed by atoms with Crippen LogP contribution in [-0.4, -0.2) is 36.1 Å². The third kappa shape index (κ3) is 2.76. The van der Waals surface area contributed by atoms with Gasteiger partial charge < -0.3 is 5.32 Å². The van der Waals surface area contributed by atoms with Crippen molar-refractivity contribution in [3.05, 3.63) is 35.4 Å². The minimum absolute atomic E-state index is 0.452. The van der Waals surface area contributed by atoms with Crippen molar-refractivity contribution in [3.8, 4) is 0 Å². The van der Waals surface area contributed by atoms with Crippen molar-refractivity contribution in [2.75, 3.05) is 19.6 Å². The van der Waals surface area contributed by atoms with Gasteiger partial charge in [-0.3, -0.25) is 4.90 Å². The summed E-state index contributed by atoms with van der Waals surface area (Å²) in [6.45, 7) is 3.81. The van der Waals surface area contributed by atoms with Crippen LogP contribution in [0.5, 0.6) is 0 Å². The Bertz CT molecular complexity index is 490. The monoisotopic (exact) mass is 284 g/mol. The maximum absolute atomic E-state index is 3.90. The molecule has 1 saturated heterocycles. The molecule has 0 aromatic heterocycles. The molecule has 114 valence electrons. The van der Waals surface area contributed by atoms with Crippen molar-refractivity contribution in [1.29, 1.82) is 0 Å². The smallest absolute Gasteiger partial charge is 0.0308 e. The average molecular weight is 284 g/mol. The minimum Gasteiger partial charge on any atom is -0.310 e. The van der Waals surface area contributed by atoms with Crippen molar-refractivity contribution in [2.45, 2.75) is 62.9 Å². The van der Waals surface area contributed by atoms with Gasteiger partial charge in [0.15, 0.2) is 0 Å². The number of hydrogen-bond donors (Lipinski definition) is 1. The topological polar surface area (TPSA) is 15.3 Å². The Labute approximate surface area is 128 Å². The van der Waals surface area contributed by atoms with Gasteiger partial charge in [0, 0.05) is 18.1 Å². The second-order valence-electron chi connectivity index (χ2n) is 7.40. The molecule has 0 radical (unpaired) electrons. The van der Waals surface area contributed by atoms with E-state index in [9.17, 15) is 0 Å². The molecule has 1 unspecified atom stereocenters. The highest BCUT2D eigenvalue weighted by Crippen LogP contribution is 2.34. The Kier molecular flexibility index (Phi) is 3.76. The minimum atomic E-state index is 0.452. The van der Waals surface area contributed by atoms with Gasteiger partial charge in [-0.15, -0.1) is 0 Å². The van der Waals surface area contributed by atoms with Crippen LogP contribution in [0.2, 0.25) is 0 Å². The Morgan fingerprint density at radius 1 is 1.05 bits per heavy atom. The molecule has 2 nitrogen and oxygen atoms in total. The lowest BCUT2D eigenvalue weighted by atomic mass is 9.86. The molecule has 2 heteroatoms. The molecule has 1 saturated carbocycles. The maximum atomic E-state index is 3.90. The van der Waals surface area contributed by atoms with Crippen molar-refractivity contribution in [2.24, 2.45) is 0 Å². The van der Waals surface area contributed by atoms with Crippen molar-refractivity contribution in [3.63, 3.8) is 0 Å². The molecule has 21 heavy (non-hydrogen) atoms. The van der Waals surface area contributed by atoms with Crippen LogP contribution < -0.4 is 5.32 Å². The molecule has 1 aliphatic heterocycles. The zero-order valence-corrected chi connectivity index (χ0v) is 13.1. The second-order valence-corrected chi connectivity index (χ2v) is 7.40. The number of aryl methyl sites for hydroxylation is 1. The number of fused-ring (bicyclic) bond motifs is 1. The van der Waals surface area contributed by atoms with Gasteiger partial charge in [0.2, 0.25) is 0 Å². The van der Waals surface area contributed by atoms with Crippen molar-refractivity contribution in [1.82, 2.24) is 10.2 Å². The van der Waals surface area contributed by atoms with Gasteiger partial charge in [-0.2, -0.15) is 0 Å². The molecule has 0 amide bonds. The molecular weight excluding hydrogens is 256 g/mol. The number of nitrogens with one attached hydrogen (secondary N) is 1. The molecular formula is C19H28N2. The van der Waals surface area contributed by atoms with E-state index in [1.165, 1.54) is 71.0 Å².